The van der Waals surface area contributed by atoms with Crippen molar-refractivity contribution >= 4 is 17.5 Å². The van der Waals surface area contributed by atoms with E-state index < -0.39 is 29.2 Å². The van der Waals surface area contributed by atoms with Crippen LogP contribution < -0.4 is 10.6 Å². The number of benzene rings is 1. The van der Waals surface area contributed by atoms with Gasteiger partial charge in [-0.25, -0.2) is 0 Å². The van der Waals surface area contributed by atoms with E-state index in [2.05, 4.69) is 10.6 Å². The quantitative estimate of drug-likeness (QED) is 0.854. The van der Waals surface area contributed by atoms with E-state index in [-0.39, 0.29) is 5.56 Å². The smallest absolute Gasteiger partial charge is 0.355 e. The molecule has 0 bridgehead atoms. The second kappa shape index (κ2) is 5.07. The Bertz CT molecular complexity index is 484. The number of anilines is 1. The highest BCUT2D eigenvalue weighted by Crippen LogP contribution is 2.35. The van der Waals surface area contributed by atoms with E-state index in [4.69, 9.17) is 0 Å². The summed E-state index contributed by atoms with van der Waals surface area (Å²) >= 11 is 0. The molecule has 18 heavy (non-hydrogen) atoms. The minimum absolute atomic E-state index is 0.0363. The summed E-state index contributed by atoms with van der Waals surface area (Å²) in [6, 6.07) is 2.80. The van der Waals surface area contributed by atoms with Gasteiger partial charge in [-0.1, -0.05) is 0 Å². The van der Waals surface area contributed by atoms with Crippen molar-refractivity contribution in [3.8, 4) is 0 Å². The summed E-state index contributed by atoms with van der Waals surface area (Å²) in [4.78, 5) is 22.2. The molecular weight excluding hydrogens is 249 g/mol. The summed E-state index contributed by atoms with van der Waals surface area (Å²) in [7, 11) is 1.36. The zero-order chi connectivity index (χ0) is 13.9. The maximum Gasteiger partial charge on any atom is 0.418 e. The Labute approximate surface area is 101 Å². The van der Waals surface area contributed by atoms with Crippen LogP contribution in [0.25, 0.3) is 0 Å². The lowest BCUT2D eigenvalue weighted by Crippen LogP contribution is -2.20. The third-order valence-electron chi connectivity index (χ3n) is 2.12. The first-order chi connectivity index (χ1) is 8.25. The molecule has 1 aromatic rings. The fourth-order valence-corrected chi connectivity index (χ4v) is 1.37. The first kappa shape index (κ1) is 14.0. The standard InChI is InChI=1S/C11H11F3N2O2/c1-6(17)16-9-5-7(10(18)15-2)3-4-8(9)11(12,13)14/h3-5H,1-2H3,(H,15,18)(H,16,17). The van der Waals surface area contributed by atoms with Crippen LogP contribution in [0.4, 0.5) is 18.9 Å². The van der Waals surface area contributed by atoms with Crippen molar-refractivity contribution in [1.82, 2.24) is 5.32 Å². The lowest BCUT2D eigenvalue weighted by atomic mass is 10.1. The molecule has 1 aromatic carbocycles. The number of carbonyl (C=O) groups is 2. The second-order valence-electron chi connectivity index (χ2n) is 3.52. The lowest BCUT2D eigenvalue weighted by molar-refractivity contribution is -0.137. The molecule has 7 heteroatoms. The van der Waals surface area contributed by atoms with Crippen LogP contribution in [0.15, 0.2) is 18.2 Å². The average Bonchev–Trinajstić information content (AvgIpc) is 2.25. The lowest BCUT2D eigenvalue weighted by Gasteiger charge is -2.14. The Morgan fingerprint density at radius 3 is 2.28 bits per heavy atom. The SMILES string of the molecule is CNC(=O)c1ccc(C(F)(F)F)c(NC(C)=O)c1. The minimum atomic E-state index is -4.60. The highest BCUT2D eigenvalue weighted by Gasteiger charge is 2.34. The molecule has 0 aliphatic heterocycles. The number of hydrogen-bond acceptors (Lipinski definition) is 2. The van der Waals surface area contributed by atoms with Crippen LogP contribution in [0.3, 0.4) is 0 Å². The van der Waals surface area contributed by atoms with Gasteiger partial charge in [0, 0.05) is 19.5 Å². The van der Waals surface area contributed by atoms with Gasteiger partial charge < -0.3 is 10.6 Å². The van der Waals surface area contributed by atoms with Crippen LogP contribution in [-0.2, 0) is 11.0 Å². The molecule has 0 aliphatic rings. The maximum absolute atomic E-state index is 12.7. The second-order valence-corrected chi connectivity index (χ2v) is 3.52. The first-order valence-corrected chi connectivity index (χ1v) is 4.96. The molecule has 2 N–H and O–H groups in total. The molecule has 0 saturated carbocycles. The molecule has 0 radical (unpaired) electrons. The van der Waals surface area contributed by atoms with Gasteiger partial charge in [-0.15, -0.1) is 0 Å². The Kier molecular flexibility index (Phi) is 3.95. The van der Waals surface area contributed by atoms with Crippen molar-refractivity contribution in [3.05, 3.63) is 29.3 Å². The van der Waals surface area contributed by atoms with Gasteiger partial charge in [0.05, 0.1) is 11.3 Å². The van der Waals surface area contributed by atoms with Gasteiger partial charge >= 0.3 is 6.18 Å². The van der Waals surface area contributed by atoms with Gasteiger partial charge in [0.1, 0.15) is 0 Å². The molecule has 98 valence electrons. The number of nitrogens with one attached hydrogen (secondary N) is 2. The fraction of sp³-hybridized carbons (Fsp3) is 0.273. The largest absolute Gasteiger partial charge is 0.418 e. The molecule has 0 heterocycles. The van der Waals surface area contributed by atoms with Crippen molar-refractivity contribution in [3.63, 3.8) is 0 Å². The first-order valence-electron chi connectivity index (χ1n) is 4.96. The summed E-state index contributed by atoms with van der Waals surface area (Å²) in [6.45, 7) is 1.09. The third-order valence-corrected chi connectivity index (χ3v) is 2.12. The van der Waals surface area contributed by atoms with E-state index in [0.29, 0.717) is 0 Å². The number of hydrogen-bond donors (Lipinski definition) is 2. The molecular formula is C11H11F3N2O2. The van der Waals surface area contributed by atoms with Gasteiger partial charge in [-0.05, 0) is 18.2 Å². The highest BCUT2D eigenvalue weighted by atomic mass is 19.4. The summed E-state index contributed by atoms with van der Waals surface area (Å²) < 4.78 is 38.0. The van der Waals surface area contributed by atoms with Crippen LogP contribution in [0, 0.1) is 0 Å². The van der Waals surface area contributed by atoms with Gasteiger partial charge in [0.25, 0.3) is 5.91 Å². The Morgan fingerprint density at radius 1 is 1.22 bits per heavy atom. The summed E-state index contributed by atoms with van der Waals surface area (Å²) in [5, 5.41) is 4.35. The molecule has 0 unspecified atom stereocenters. The molecule has 0 spiro atoms. The molecule has 0 aromatic heterocycles. The van der Waals surface area contributed by atoms with Crippen LogP contribution in [0.1, 0.15) is 22.8 Å². The fourth-order valence-electron chi connectivity index (χ4n) is 1.37. The maximum atomic E-state index is 12.7. The zero-order valence-corrected chi connectivity index (χ0v) is 9.68. The van der Waals surface area contributed by atoms with Crippen LogP contribution >= 0.6 is 0 Å². The third kappa shape index (κ3) is 3.22. The molecule has 4 nitrogen and oxygen atoms in total. The Balaban J connectivity index is 3.29. The van der Waals surface area contributed by atoms with Gasteiger partial charge in [0.15, 0.2) is 0 Å². The molecule has 0 saturated heterocycles. The van der Waals surface area contributed by atoms with Crippen molar-refractivity contribution in [2.75, 3.05) is 12.4 Å². The van der Waals surface area contributed by atoms with Crippen molar-refractivity contribution in [2.45, 2.75) is 13.1 Å². The number of rotatable bonds is 2. The number of carbonyl (C=O) groups excluding carboxylic acids is 2. The number of alkyl halides is 3. The van der Waals surface area contributed by atoms with E-state index in [9.17, 15) is 22.8 Å². The topological polar surface area (TPSA) is 58.2 Å². The predicted molar refractivity (Wildman–Crippen MR) is 59.1 cm³/mol. The predicted octanol–water partition coefficient (Wildman–Crippen LogP) is 2.02. The summed E-state index contributed by atoms with van der Waals surface area (Å²) in [5.74, 6) is -1.18. The van der Waals surface area contributed by atoms with Crippen molar-refractivity contribution in [1.29, 1.82) is 0 Å². The van der Waals surface area contributed by atoms with E-state index in [1.165, 1.54) is 7.05 Å². The summed E-state index contributed by atoms with van der Waals surface area (Å²) in [5.41, 5.74) is -1.39. The molecule has 0 atom stereocenters. The average molecular weight is 260 g/mol. The van der Waals surface area contributed by atoms with E-state index in [0.717, 1.165) is 25.1 Å². The number of amides is 2. The monoisotopic (exact) mass is 260 g/mol. The van der Waals surface area contributed by atoms with Gasteiger partial charge in [-0.2, -0.15) is 13.2 Å². The molecule has 2 amide bonds. The molecule has 1 rings (SSSR count). The molecule has 0 fully saturated rings. The Hall–Kier alpha value is -2.05. The highest BCUT2D eigenvalue weighted by molar-refractivity contribution is 5.97. The zero-order valence-electron chi connectivity index (χ0n) is 9.68. The van der Waals surface area contributed by atoms with E-state index in [1.807, 2.05) is 0 Å². The van der Waals surface area contributed by atoms with Gasteiger partial charge in [0.2, 0.25) is 5.91 Å². The molecule has 0 aliphatic carbocycles. The normalized spacial score (nSPS) is 10.9. The summed E-state index contributed by atoms with van der Waals surface area (Å²) in [6.07, 6.45) is -4.60. The van der Waals surface area contributed by atoms with E-state index in [1.54, 1.807) is 0 Å². The number of halogens is 3. The van der Waals surface area contributed by atoms with Crippen LogP contribution in [0.2, 0.25) is 0 Å². The van der Waals surface area contributed by atoms with Crippen molar-refractivity contribution in [2.24, 2.45) is 0 Å². The van der Waals surface area contributed by atoms with Crippen LogP contribution in [-0.4, -0.2) is 18.9 Å². The van der Waals surface area contributed by atoms with E-state index >= 15 is 0 Å². The Morgan fingerprint density at radius 2 is 1.83 bits per heavy atom. The minimum Gasteiger partial charge on any atom is -0.355 e. The van der Waals surface area contributed by atoms with Crippen molar-refractivity contribution < 1.29 is 22.8 Å². The van der Waals surface area contributed by atoms with Gasteiger partial charge in [-0.3, -0.25) is 9.59 Å². The van der Waals surface area contributed by atoms with Crippen LogP contribution in [0.5, 0.6) is 0 Å².